The van der Waals surface area contributed by atoms with Gasteiger partial charge in [-0.05, 0) is 19.1 Å². The fraction of sp³-hybridized carbons (Fsp3) is 0.0909. The molecule has 0 fully saturated rings. The van der Waals surface area contributed by atoms with Crippen molar-refractivity contribution in [2.75, 3.05) is 5.73 Å². The van der Waals surface area contributed by atoms with Gasteiger partial charge in [-0.1, -0.05) is 29.3 Å². The molecule has 1 aromatic carbocycles. The fourth-order valence-corrected chi connectivity index (χ4v) is 1.55. The van der Waals surface area contributed by atoms with E-state index in [9.17, 15) is 0 Å². The molecule has 0 radical (unpaired) electrons. The van der Waals surface area contributed by atoms with E-state index in [1.165, 1.54) is 6.33 Å². The van der Waals surface area contributed by atoms with Crippen molar-refractivity contribution in [2.24, 2.45) is 0 Å². The predicted octanol–water partition coefficient (Wildman–Crippen LogP) is 3.47. The number of ether oxygens (including phenoxy) is 1. The maximum Gasteiger partial charge on any atom is 0.227 e. The van der Waals surface area contributed by atoms with E-state index in [2.05, 4.69) is 9.97 Å². The number of hydrogen-bond donors (Lipinski definition) is 1. The Labute approximate surface area is 108 Å². The van der Waals surface area contributed by atoms with Gasteiger partial charge >= 0.3 is 0 Å². The van der Waals surface area contributed by atoms with E-state index < -0.39 is 0 Å². The number of benzene rings is 1. The molecule has 0 atom stereocenters. The molecule has 4 nitrogen and oxygen atoms in total. The minimum atomic E-state index is 0.339. The molecule has 2 rings (SSSR count). The van der Waals surface area contributed by atoms with Gasteiger partial charge in [0, 0.05) is 0 Å². The van der Waals surface area contributed by atoms with Crippen LogP contribution < -0.4 is 10.5 Å². The standard InChI is InChI=1S/C11H9Cl2N3O/c1-6-10(14)15-5-16-11(6)17-8-4-2-3-7(12)9(8)13/h2-5H,1H3,(H2,14,15,16). The molecule has 0 spiro atoms. The lowest BCUT2D eigenvalue weighted by molar-refractivity contribution is 0.458. The third kappa shape index (κ3) is 2.43. The molecule has 1 heterocycles. The number of nitrogens with two attached hydrogens (primary N) is 1. The van der Waals surface area contributed by atoms with Crippen molar-refractivity contribution < 1.29 is 4.74 Å². The molecule has 0 saturated heterocycles. The number of rotatable bonds is 2. The minimum Gasteiger partial charge on any atom is -0.437 e. The predicted molar refractivity (Wildman–Crippen MR) is 67.7 cm³/mol. The minimum absolute atomic E-state index is 0.339. The maximum absolute atomic E-state index is 6.00. The normalized spacial score (nSPS) is 10.3. The molecule has 88 valence electrons. The van der Waals surface area contributed by atoms with Gasteiger partial charge in [0.05, 0.1) is 10.6 Å². The molecule has 17 heavy (non-hydrogen) atoms. The highest BCUT2D eigenvalue weighted by Gasteiger charge is 2.10. The molecular weight excluding hydrogens is 261 g/mol. The van der Waals surface area contributed by atoms with Crippen molar-refractivity contribution in [3.63, 3.8) is 0 Å². The van der Waals surface area contributed by atoms with Crippen LogP contribution in [0.4, 0.5) is 5.82 Å². The first-order valence-corrected chi connectivity index (χ1v) is 5.54. The van der Waals surface area contributed by atoms with Gasteiger partial charge in [0.1, 0.15) is 22.9 Å². The van der Waals surface area contributed by atoms with E-state index >= 15 is 0 Å². The van der Waals surface area contributed by atoms with Gasteiger partial charge in [-0.25, -0.2) is 9.97 Å². The van der Waals surface area contributed by atoms with E-state index in [4.69, 9.17) is 33.7 Å². The zero-order valence-corrected chi connectivity index (χ0v) is 10.5. The van der Waals surface area contributed by atoms with Crippen LogP contribution >= 0.6 is 23.2 Å². The summed E-state index contributed by atoms with van der Waals surface area (Å²) in [5.74, 6) is 1.16. The average Bonchev–Trinajstić information content (AvgIpc) is 2.31. The molecule has 0 aliphatic carbocycles. The third-order valence-corrected chi connectivity index (χ3v) is 3.00. The first-order chi connectivity index (χ1) is 8.09. The first-order valence-electron chi connectivity index (χ1n) is 4.78. The van der Waals surface area contributed by atoms with Crippen molar-refractivity contribution in [1.29, 1.82) is 0 Å². The Morgan fingerprint density at radius 2 is 2.00 bits per heavy atom. The number of anilines is 1. The molecule has 0 bridgehead atoms. The van der Waals surface area contributed by atoms with Crippen LogP contribution in [0, 0.1) is 6.92 Å². The molecule has 0 unspecified atom stereocenters. The summed E-state index contributed by atoms with van der Waals surface area (Å²) in [5, 5.41) is 0.759. The number of hydrogen-bond acceptors (Lipinski definition) is 4. The van der Waals surface area contributed by atoms with Crippen LogP contribution in [0.25, 0.3) is 0 Å². The van der Waals surface area contributed by atoms with Crippen LogP contribution in [0.2, 0.25) is 10.0 Å². The van der Waals surface area contributed by atoms with Crippen molar-refractivity contribution >= 4 is 29.0 Å². The number of aromatic nitrogens is 2. The fourth-order valence-electron chi connectivity index (χ4n) is 1.22. The number of nitrogen functional groups attached to an aromatic ring is 1. The highest BCUT2D eigenvalue weighted by molar-refractivity contribution is 6.42. The second-order valence-electron chi connectivity index (χ2n) is 3.34. The van der Waals surface area contributed by atoms with E-state index in [-0.39, 0.29) is 0 Å². The van der Waals surface area contributed by atoms with Crippen LogP contribution in [0.5, 0.6) is 11.6 Å². The quantitative estimate of drug-likeness (QED) is 0.907. The summed E-state index contributed by atoms with van der Waals surface area (Å²) in [6.07, 6.45) is 1.33. The van der Waals surface area contributed by atoms with Gasteiger partial charge < -0.3 is 10.5 Å². The molecule has 0 aliphatic rings. The first kappa shape index (κ1) is 12.0. The van der Waals surface area contributed by atoms with Gasteiger partial charge in [-0.2, -0.15) is 0 Å². The summed E-state index contributed by atoms with van der Waals surface area (Å²) < 4.78 is 5.55. The van der Waals surface area contributed by atoms with Gasteiger partial charge in [0.15, 0.2) is 0 Å². The summed E-state index contributed by atoms with van der Waals surface area (Å²) >= 11 is 11.9. The zero-order valence-electron chi connectivity index (χ0n) is 8.95. The zero-order chi connectivity index (χ0) is 12.4. The second-order valence-corrected chi connectivity index (χ2v) is 4.13. The molecule has 2 N–H and O–H groups in total. The topological polar surface area (TPSA) is 61.0 Å². The van der Waals surface area contributed by atoms with Crippen LogP contribution in [-0.2, 0) is 0 Å². The Morgan fingerprint density at radius 1 is 1.24 bits per heavy atom. The van der Waals surface area contributed by atoms with E-state index in [0.29, 0.717) is 33.1 Å². The summed E-state index contributed by atoms with van der Waals surface area (Å²) in [4.78, 5) is 7.84. The van der Waals surface area contributed by atoms with E-state index in [1.54, 1.807) is 25.1 Å². The summed E-state index contributed by atoms with van der Waals surface area (Å²) in [7, 11) is 0. The second kappa shape index (κ2) is 4.77. The van der Waals surface area contributed by atoms with Crippen LogP contribution in [0.15, 0.2) is 24.5 Å². The van der Waals surface area contributed by atoms with Gasteiger partial charge in [-0.3, -0.25) is 0 Å². The molecule has 0 aliphatic heterocycles. The largest absolute Gasteiger partial charge is 0.437 e. The highest BCUT2D eigenvalue weighted by atomic mass is 35.5. The molecule has 2 aromatic rings. The maximum atomic E-state index is 6.00. The Hall–Kier alpha value is -1.52. The molecule has 0 saturated carbocycles. The van der Waals surface area contributed by atoms with Crippen LogP contribution in [0.1, 0.15) is 5.56 Å². The van der Waals surface area contributed by atoms with E-state index in [1.807, 2.05) is 0 Å². The lowest BCUT2D eigenvalue weighted by Crippen LogP contribution is -1.99. The Balaban J connectivity index is 2.38. The lowest BCUT2D eigenvalue weighted by atomic mass is 10.3. The summed E-state index contributed by atoms with van der Waals surface area (Å²) in [5.41, 5.74) is 6.31. The molecule has 0 amide bonds. The Kier molecular flexibility index (Phi) is 3.36. The number of halogens is 2. The SMILES string of the molecule is Cc1c(N)ncnc1Oc1cccc(Cl)c1Cl. The molecular formula is C11H9Cl2N3O. The van der Waals surface area contributed by atoms with Crippen molar-refractivity contribution in [1.82, 2.24) is 9.97 Å². The van der Waals surface area contributed by atoms with Gasteiger partial charge in [-0.15, -0.1) is 0 Å². The van der Waals surface area contributed by atoms with Crippen molar-refractivity contribution in [3.05, 3.63) is 40.1 Å². The van der Waals surface area contributed by atoms with E-state index in [0.717, 1.165) is 0 Å². The smallest absolute Gasteiger partial charge is 0.227 e. The lowest BCUT2D eigenvalue weighted by Gasteiger charge is -2.09. The highest BCUT2D eigenvalue weighted by Crippen LogP contribution is 2.35. The van der Waals surface area contributed by atoms with Crippen LogP contribution in [-0.4, -0.2) is 9.97 Å². The monoisotopic (exact) mass is 269 g/mol. The third-order valence-electron chi connectivity index (χ3n) is 2.20. The average molecular weight is 270 g/mol. The summed E-state index contributed by atoms with van der Waals surface area (Å²) in [6.45, 7) is 1.77. The molecule has 1 aromatic heterocycles. The van der Waals surface area contributed by atoms with Crippen molar-refractivity contribution in [3.8, 4) is 11.6 Å². The van der Waals surface area contributed by atoms with Gasteiger partial charge in [0.2, 0.25) is 5.88 Å². The van der Waals surface area contributed by atoms with Crippen molar-refractivity contribution in [2.45, 2.75) is 6.92 Å². The summed E-state index contributed by atoms with van der Waals surface area (Å²) in [6, 6.07) is 5.12. The number of nitrogens with zero attached hydrogens (tertiary/aromatic N) is 2. The molecule has 6 heteroatoms. The van der Waals surface area contributed by atoms with Gasteiger partial charge in [0.25, 0.3) is 0 Å². The Bertz CT molecular complexity index is 511. The Morgan fingerprint density at radius 3 is 2.76 bits per heavy atom. The van der Waals surface area contributed by atoms with Crippen LogP contribution in [0.3, 0.4) is 0 Å².